The summed E-state index contributed by atoms with van der Waals surface area (Å²) in [6.45, 7) is 1.73. The number of hydrogen-bond donors (Lipinski definition) is 2. The highest BCUT2D eigenvalue weighted by atomic mass is 79.9. The summed E-state index contributed by atoms with van der Waals surface area (Å²) in [5.41, 5.74) is 0.544. The van der Waals surface area contributed by atoms with Gasteiger partial charge in [0.25, 0.3) is 0 Å². The first-order valence-electron chi connectivity index (χ1n) is 6.73. The molecule has 0 spiro atoms. The fraction of sp³-hybridized carbons (Fsp3) is 0.188. The zero-order valence-electron chi connectivity index (χ0n) is 12.2. The first-order chi connectivity index (χ1) is 10.8. The van der Waals surface area contributed by atoms with Gasteiger partial charge in [-0.3, -0.25) is 4.79 Å². The highest BCUT2D eigenvalue weighted by Crippen LogP contribution is 2.34. The molecule has 0 heterocycles. The Morgan fingerprint density at radius 3 is 2.48 bits per heavy atom. The molecule has 2 aromatic carbocycles. The SMILES string of the molecule is Cc1cc(Br)ccc1NCC(=O)Nc1ccccc1C(F)(F)F. The number of alkyl halides is 3. The Bertz CT molecular complexity index is 717. The van der Waals surface area contributed by atoms with Crippen LogP contribution in [0.25, 0.3) is 0 Å². The van der Waals surface area contributed by atoms with E-state index in [0.717, 1.165) is 21.8 Å². The zero-order valence-corrected chi connectivity index (χ0v) is 13.8. The maximum atomic E-state index is 12.9. The topological polar surface area (TPSA) is 41.1 Å². The Labute approximate surface area is 140 Å². The summed E-state index contributed by atoms with van der Waals surface area (Å²) in [5, 5.41) is 5.19. The Hall–Kier alpha value is -2.02. The van der Waals surface area contributed by atoms with Crippen LogP contribution in [-0.4, -0.2) is 12.5 Å². The van der Waals surface area contributed by atoms with Gasteiger partial charge < -0.3 is 10.6 Å². The average molecular weight is 387 g/mol. The lowest BCUT2D eigenvalue weighted by molar-refractivity contribution is -0.137. The molecule has 0 radical (unpaired) electrons. The second-order valence-electron chi connectivity index (χ2n) is 4.90. The molecule has 0 bridgehead atoms. The number of para-hydroxylation sites is 1. The van der Waals surface area contributed by atoms with Crippen molar-refractivity contribution >= 4 is 33.2 Å². The first kappa shape index (κ1) is 17.3. The zero-order chi connectivity index (χ0) is 17.0. The molecule has 0 aliphatic heterocycles. The van der Waals surface area contributed by atoms with E-state index in [1.807, 2.05) is 19.1 Å². The van der Waals surface area contributed by atoms with Gasteiger partial charge in [0, 0.05) is 10.2 Å². The molecule has 122 valence electrons. The third-order valence-electron chi connectivity index (χ3n) is 3.13. The lowest BCUT2D eigenvalue weighted by Crippen LogP contribution is -2.23. The third-order valence-corrected chi connectivity index (χ3v) is 3.63. The lowest BCUT2D eigenvalue weighted by atomic mass is 10.1. The molecular formula is C16H14BrF3N2O. The van der Waals surface area contributed by atoms with Crippen molar-refractivity contribution in [3.63, 3.8) is 0 Å². The van der Waals surface area contributed by atoms with Crippen LogP contribution in [0.4, 0.5) is 24.5 Å². The van der Waals surface area contributed by atoms with Crippen LogP contribution < -0.4 is 10.6 Å². The van der Waals surface area contributed by atoms with Gasteiger partial charge in [0.15, 0.2) is 0 Å². The van der Waals surface area contributed by atoms with Crippen molar-refractivity contribution in [2.24, 2.45) is 0 Å². The Morgan fingerprint density at radius 1 is 1.13 bits per heavy atom. The predicted octanol–water partition coefficient (Wildman–Crippen LogP) is 4.83. The number of hydrogen-bond acceptors (Lipinski definition) is 2. The van der Waals surface area contributed by atoms with Gasteiger partial charge in [0.1, 0.15) is 0 Å². The van der Waals surface area contributed by atoms with Gasteiger partial charge in [-0.2, -0.15) is 13.2 Å². The van der Waals surface area contributed by atoms with Crippen molar-refractivity contribution in [3.8, 4) is 0 Å². The van der Waals surface area contributed by atoms with E-state index in [2.05, 4.69) is 26.6 Å². The van der Waals surface area contributed by atoms with Crippen LogP contribution >= 0.6 is 15.9 Å². The maximum Gasteiger partial charge on any atom is 0.418 e. The highest BCUT2D eigenvalue weighted by Gasteiger charge is 2.33. The number of amides is 1. The van der Waals surface area contributed by atoms with Crippen LogP contribution in [0.3, 0.4) is 0 Å². The summed E-state index contributed by atoms with van der Waals surface area (Å²) in [5.74, 6) is -0.552. The molecule has 0 aliphatic carbocycles. The van der Waals surface area contributed by atoms with Crippen LogP contribution in [0.15, 0.2) is 46.9 Å². The van der Waals surface area contributed by atoms with Crippen LogP contribution in [0.5, 0.6) is 0 Å². The third kappa shape index (κ3) is 4.72. The summed E-state index contributed by atoms with van der Waals surface area (Å²) in [6, 6.07) is 10.4. The summed E-state index contributed by atoms with van der Waals surface area (Å²) in [4.78, 5) is 11.9. The second kappa shape index (κ2) is 7.04. The molecule has 23 heavy (non-hydrogen) atoms. The number of benzene rings is 2. The van der Waals surface area contributed by atoms with E-state index in [1.54, 1.807) is 6.07 Å². The van der Waals surface area contributed by atoms with E-state index >= 15 is 0 Å². The van der Waals surface area contributed by atoms with Crippen molar-refractivity contribution in [3.05, 3.63) is 58.1 Å². The van der Waals surface area contributed by atoms with Gasteiger partial charge in [-0.05, 0) is 42.8 Å². The Balaban J connectivity index is 2.03. The molecule has 2 rings (SSSR count). The Kier molecular flexibility index (Phi) is 5.30. The van der Waals surface area contributed by atoms with Gasteiger partial charge in [-0.1, -0.05) is 28.1 Å². The summed E-state index contributed by atoms with van der Waals surface area (Å²) >= 11 is 3.33. The number of carbonyl (C=O) groups is 1. The normalized spacial score (nSPS) is 11.2. The molecule has 0 unspecified atom stereocenters. The molecule has 0 aromatic heterocycles. The van der Waals surface area contributed by atoms with E-state index in [4.69, 9.17) is 0 Å². The molecule has 7 heteroatoms. The van der Waals surface area contributed by atoms with Gasteiger partial charge >= 0.3 is 6.18 Å². The molecule has 0 fully saturated rings. The fourth-order valence-electron chi connectivity index (χ4n) is 2.03. The molecule has 2 aromatic rings. The number of nitrogens with one attached hydrogen (secondary N) is 2. The number of carbonyl (C=O) groups excluding carboxylic acids is 1. The monoisotopic (exact) mass is 386 g/mol. The standard InChI is InChI=1S/C16H14BrF3N2O/c1-10-8-11(17)6-7-13(10)21-9-15(23)22-14-5-3-2-4-12(14)16(18,19)20/h2-8,21H,9H2,1H3,(H,22,23). The summed E-state index contributed by atoms with van der Waals surface area (Å²) < 4.78 is 39.5. The predicted molar refractivity (Wildman–Crippen MR) is 87.4 cm³/mol. The van der Waals surface area contributed by atoms with Crippen molar-refractivity contribution < 1.29 is 18.0 Å². The van der Waals surface area contributed by atoms with Crippen molar-refractivity contribution in [1.29, 1.82) is 0 Å². The van der Waals surface area contributed by atoms with E-state index in [1.165, 1.54) is 18.2 Å². The largest absolute Gasteiger partial charge is 0.418 e. The molecule has 1 amide bonds. The molecule has 2 N–H and O–H groups in total. The molecule has 0 atom stereocenters. The van der Waals surface area contributed by atoms with E-state index in [9.17, 15) is 18.0 Å². The van der Waals surface area contributed by atoms with Gasteiger partial charge in [0.05, 0.1) is 17.8 Å². The highest BCUT2D eigenvalue weighted by molar-refractivity contribution is 9.10. The molecule has 0 aliphatic rings. The van der Waals surface area contributed by atoms with Crippen molar-refractivity contribution in [2.45, 2.75) is 13.1 Å². The smallest absolute Gasteiger partial charge is 0.376 e. The van der Waals surface area contributed by atoms with E-state index in [-0.39, 0.29) is 12.2 Å². The minimum Gasteiger partial charge on any atom is -0.376 e. The number of aryl methyl sites for hydroxylation is 1. The van der Waals surface area contributed by atoms with Gasteiger partial charge in [-0.15, -0.1) is 0 Å². The quantitative estimate of drug-likeness (QED) is 0.790. The number of anilines is 2. The summed E-state index contributed by atoms with van der Waals surface area (Å²) in [6.07, 6.45) is -4.51. The van der Waals surface area contributed by atoms with Crippen molar-refractivity contribution in [1.82, 2.24) is 0 Å². The molecule has 0 saturated carbocycles. The summed E-state index contributed by atoms with van der Waals surface area (Å²) in [7, 11) is 0. The van der Waals surface area contributed by atoms with E-state index < -0.39 is 17.6 Å². The average Bonchev–Trinajstić information content (AvgIpc) is 2.46. The second-order valence-corrected chi connectivity index (χ2v) is 5.82. The van der Waals surface area contributed by atoms with Crippen molar-refractivity contribution in [2.75, 3.05) is 17.2 Å². The van der Waals surface area contributed by atoms with Crippen LogP contribution in [0.1, 0.15) is 11.1 Å². The lowest BCUT2D eigenvalue weighted by Gasteiger charge is -2.14. The van der Waals surface area contributed by atoms with E-state index in [0.29, 0.717) is 0 Å². The Morgan fingerprint density at radius 2 is 1.83 bits per heavy atom. The fourth-order valence-corrected chi connectivity index (χ4v) is 2.51. The molecular weight excluding hydrogens is 373 g/mol. The maximum absolute atomic E-state index is 12.9. The van der Waals surface area contributed by atoms with Gasteiger partial charge in [0.2, 0.25) is 5.91 Å². The minimum atomic E-state index is -4.51. The van der Waals surface area contributed by atoms with Crippen LogP contribution in [-0.2, 0) is 11.0 Å². The first-order valence-corrected chi connectivity index (χ1v) is 7.53. The number of rotatable bonds is 4. The molecule has 3 nitrogen and oxygen atoms in total. The van der Waals surface area contributed by atoms with Crippen LogP contribution in [0.2, 0.25) is 0 Å². The molecule has 0 saturated heterocycles. The minimum absolute atomic E-state index is 0.130. The number of halogens is 4. The van der Waals surface area contributed by atoms with Crippen LogP contribution in [0, 0.1) is 6.92 Å². The van der Waals surface area contributed by atoms with Gasteiger partial charge in [-0.25, -0.2) is 0 Å².